The number of halogens is 2. The molecule has 1 aliphatic rings. The van der Waals surface area contributed by atoms with Crippen LogP contribution in [-0.4, -0.2) is 30.6 Å². The molecule has 1 saturated heterocycles. The normalized spacial score (nSPS) is 19.3. The van der Waals surface area contributed by atoms with Crippen molar-refractivity contribution in [1.82, 2.24) is 0 Å². The fourth-order valence-electron chi connectivity index (χ4n) is 2.21. The molecule has 2 rings (SSSR count). The Bertz CT molecular complexity index is 455. The summed E-state index contributed by atoms with van der Waals surface area (Å²) in [4.78, 5) is 1.58. The fraction of sp³-hybridized carbons (Fsp3) is 0.417. The number of anilines is 1. The van der Waals surface area contributed by atoms with Crippen molar-refractivity contribution in [1.29, 1.82) is 5.41 Å². The zero-order valence-corrected chi connectivity index (χ0v) is 9.79. The second kappa shape index (κ2) is 4.89. The molecule has 0 spiro atoms. The van der Waals surface area contributed by atoms with Crippen LogP contribution in [0, 0.1) is 23.0 Å². The van der Waals surface area contributed by atoms with Crippen LogP contribution in [0.2, 0.25) is 0 Å². The van der Waals surface area contributed by atoms with Crippen molar-refractivity contribution in [3.8, 4) is 0 Å². The molecule has 0 aromatic heterocycles. The van der Waals surface area contributed by atoms with Crippen LogP contribution in [0.1, 0.15) is 12.0 Å². The van der Waals surface area contributed by atoms with Gasteiger partial charge in [0.05, 0.1) is 0 Å². The van der Waals surface area contributed by atoms with Gasteiger partial charge in [-0.3, -0.25) is 5.41 Å². The van der Waals surface area contributed by atoms with Crippen LogP contribution in [0.3, 0.4) is 0 Å². The van der Waals surface area contributed by atoms with Gasteiger partial charge in [-0.05, 0) is 18.6 Å². The highest BCUT2D eigenvalue weighted by atomic mass is 19.1. The number of hydrogen-bond acceptors (Lipinski definition) is 3. The van der Waals surface area contributed by atoms with Crippen molar-refractivity contribution in [2.45, 2.75) is 6.42 Å². The van der Waals surface area contributed by atoms with Gasteiger partial charge in [0.25, 0.3) is 0 Å². The van der Waals surface area contributed by atoms with E-state index in [0.717, 1.165) is 12.1 Å². The predicted octanol–water partition coefficient (Wildman–Crippen LogP) is 1.07. The highest BCUT2D eigenvalue weighted by molar-refractivity contribution is 5.95. The average molecular weight is 255 g/mol. The molecule has 1 aliphatic heterocycles. The lowest BCUT2D eigenvalue weighted by Gasteiger charge is -2.20. The molecule has 1 atom stereocenters. The molecule has 18 heavy (non-hydrogen) atoms. The van der Waals surface area contributed by atoms with Gasteiger partial charge in [0.2, 0.25) is 0 Å². The number of nitrogens with one attached hydrogen (secondary N) is 1. The Morgan fingerprint density at radius 2 is 2.06 bits per heavy atom. The van der Waals surface area contributed by atoms with Crippen LogP contribution in [0.15, 0.2) is 12.1 Å². The van der Waals surface area contributed by atoms with Gasteiger partial charge >= 0.3 is 0 Å². The quantitative estimate of drug-likeness (QED) is 0.558. The average Bonchev–Trinajstić information content (AvgIpc) is 2.76. The number of nitrogen functional groups attached to an aromatic ring is 1. The molecule has 1 unspecified atom stereocenters. The Hall–Kier alpha value is -1.69. The maximum Gasteiger partial charge on any atom is 0.150 e. The number of hydrogen-bond donors (Lipinski definition) is 3. The second-order valence-corrected chi connectivity index (χ2v) is 4.49. The standard InChI is InChI=1S/C12H15F2N3O/c13-9-3-8(12(15)16)4-10(14)11(9)17-2-1-7(5-17)6-18/h3-4,7,18H,1-2,5-6H2,(H3,15,16). The first-order valence-electron chi connectivity index (χ1n) is 5.72. The van der Waals surface area contributed by atoms with Crippen molar-refractivity contribution >= 4 is 11.5 Å². The summed E-state index contributed by atoms with van der Waals surface area (Å²) in [5.41, 5.74) is 5.13. The molecule has 98 valence electrons. The molecule has 1 aromatic rings. The fourth-order valence-corrected chi connectivity index (χ4v) is 2.21. The second-order valence-electron chi connectivity index (χ2n) is 4.49. The summed E-state index contributed by atoms with van der Waals surface area (Å²) in [6.07, 6.45) is 0.712. The van der Waals surface area contributed by atoms with Crippen molar-refractivity contribution in [3.63, 3.8) is 0 Å². The number of nitrogens with zero attached hydrogens (tertiary/aromatic N) is 1. The summed E-state index contributed by atoms with van der Waals surface area (Å²) in [7, 11) is 0. The van der Waals surface area contributed by atoms with E-state index >= 15 is 0 Å². The maximum absolute atomic E-state index is 13.9. The zero-order valence-electron chi connectivity index (χ0n) is 9.79. The molecule has 0 amide bonds. The largest absolute Gasteiger partial charge is 0.396 e. The van der Waals surface area contributed by atoms with E-state index < -0.39 is 11.6 Å². The molecule has 0 saturated carbocycles. The number of aliphatic hydroxyl groups is 1. The molecule has 1 aromatic carbocycles. The highest BCUT2D eigenvalue weighted by Gasteiger charge is 2.26. The summed E-state index contributed by atoms with van der Waals surface area (Å²) < 4.78 is 27.7. The van der Waals surface area contributed by atoms with Gasteiger partial charge in [0, 0.05) is 31.2 Å². The van der Waals surface area contributed by atoms with Crippen molar-refractivity contribution in [2.24, 2.45) is 11.7 Å². The minimum atomic E-state index is -0.723. The van der Waals surface area contributed by atoms with E-state index in [0.29, 0.717) is 19.5 Å². The highest BCUT2D eigenvalue weighted by Crippen LogP contribution is 2.29. The van der Waals surface area contributed by atoms with Gasteiger partial charge < -0.3 is 15.7 Å². The molecular formula is C12H15F2N3O. The molecule has 1 fully saturated rings. The lowest BCUT2D eigenvalue weighted by molar-refractivity contribution is 0.238. The van der Waals surface area contributed by atoms with Crippen molar-refractivity contribution in [2.75, 3.05) is 24.6 Å². The molecule has 1 heterocycles. The van der Waals surface area contributed by atoms with Crippen LogP contribution in [0.4, 0.5) is 14.5 Å². The summed E-state index contributed by atoms with van der Waals surface area (Å²) in [6.45, 7) is 0.966. The number of benzene rings is 1. The molecule has 6 heteroatoms. The number of nitrogens with two attached hydrogens (primary N) is 1. The summed E-state index contributed by atoms with van der Waals surface area (Å²) in [6, 6.07) is 2.13. The van der Waals surface area contributed by atoms with Crippen LogP contribution < -0.4 is 10.6 Å². The van der Waals surface area contributed by atoms with E-state index in [1.54, 1.807) is 4.90 Å². The zero-order chi connectivity index (χ0) is 13.3. The summed E-state index contributed by atoms with van der Waals surface area (Å²) in [5, 5.41) is 16.2. The van der Waals surface area contributed by atoms with E-state index in [9.17, 15) is 8.78 Å². The van der Waals surface area contributed by atoms with Crippen LogP contribution >= 0.6 is 0 Å². The van der Waals surface area contributed by atoms with Gasteiger partial charge in [0.15, 0.2) is 0 Å². The van der Waals surface area contributed by atoms with Crippen LogP contribution in [0.25, 0.3) is 0 Å². The van der Waals surface area contributed by atoms with Gasteiger partial charge in [-0.1, -0.05) is 0 Å². The minimum absolute atomic E-state index is 0.0191. The van der Waals surface area contributed by atoms with E-state index in [1.165, 1.54) is 0 Å². The molecule has 0 radical (unpaired) electrons. The number of aliphatic hydroxyl groups excluding tert-OH is 1. The third-order valence-electron chi connectivity index (χ3n) is 3.19. The number of rotatable bonds is 3. The van der Waals surface area contributed by atoms with E-state index in [1.807, 2.05) is 0 Å². The van der Waals surface area contributed by atoms with E-state index in [2.05, 4.69) is 0 Å². The Balaban J connectivity index is 2.32. The van der Waals surface area contributed by atoms with Crippen molar-refractivity contribution < 1.29 is 13.9 Å². The minimum Gasteiger partial charge on any atom is -0.396 e. The van der Waals surface area contributed by atoms with Crippen LogP contribution in [-0.2, 0) is 0 Å². The predicted molar refractivity (Wildman–Crippen MR) is 64.8 cm³/mol. The number of amidine groups is 1. The Kier molecular flexibility index (Phi) is 3.47. The molecule has 0 bridgehead atoms. The first-order valence-corrected chi connectivity index (χ1v) is 5.72. The third kappa shape index (κ3) is 2.28. The molecular weight excluding hydrogens is 240 g/mol. The van der Waals surface area contributed by atoms with Gasteiger partial charge in [-0.2, -0.15) is 0 Å². The Morgan fingerprint density at radius 3 is 2.50 bits per heavy atom. The van der Waals surface area contributed by atoms with Crippen molar-refractivity contribution in [3.05, 3.63) is 29.3 Å². The SMILES string of the molecule is N=C(N)c1cc(F)c(N2CCC(CO)C2)c(F)c1. The van der Waals surface area contributed by atoms with Crippen LogP contribution in [0.5, 0.6) is 0 Å². The summed E-state index contributed by atoms with van der Waals surface area (Å²) >= 11 is 0. The monoisotopic (exact) mass is 255 g/mol. The van der Waals surface area contributed by atoms with E-state index in [4.69, 9.17) is 16.2 Å². The molecule has 4 nitrogen and oxygen atoms in total. The van der Waals surface area contributed by atoms with E-state index in [-0.39, 0.29) is 29.6 Å². The maximum atomic E-state index is 13.9. The van der Waals surface area contributed by atoms with Gasteiger partial charge in [-0.25, -0.2) is 8.78 Å². The summed E-state index contributed by atoms with van der Waals surface area (Å²) in [5.74, 6) is -1.76. The Morgan fingerprint density at radius 1 is 1.44 bits per heavy atom. The third-order valence-corrected chi connectivity index (χ3v) is 3.19. The topological polar surface area (TPSA) is 73.3 Å². The van der Waals surface area contributed by atoms with Gasteiger partial charge in [0.1, 0.15) is 23.2 Å². The van der Waals surface area contributed by atoms with Gasteiger partial charge in [-0.15, -0.1) is 0 Å². The lowest BCUT2D eigenvalue weighted by Crippen LogP contribution is -2.23. The first kappa shape index (κ1) is 12.8. The molecule has 0 aliphatic carbocycles. The Labute approximate surface area is 104 Å². The smallest absolute Gasteiger partial charge is 0.150 e. The lowest BCUT2D eigenvalue weighted by atomic mass is 10.1. The molecule has 4 N–H and O–H groups in total. The first-order chi connectivity index (χ1) is 8.52.